The topological polar surface area (TPSA) is 26.0 Å². The second kappa shape index (κ2) is 4.27. The number of benzene rings is 1. The summed E-state index contributed by atoms with van der Waals surface area (Å²) in [6, 6.07) is 10.7. The number of hydrogen-bond acceptors (Lipinski definition) is 1. The maximum absolute atomic E-state index is 5.88. The van der Waals surface area contributed by atoms with E-state index in [-0.39, 0.29) is 6.04 Å². The van der Waals surface area contributed by atoms with Gasteiger partial charge in [-0.05, 0) is 24.8 Å². The van der Waals surface area contributed by atoms with Gasteiger partial charge < -0.3 is 5.73 Å². The van der Waals surface area contributed by atoms with Crippen LogP contribution in [0.2, 0.25) is 0 Å². The Balaban J connectivity index is 2.80. The Morgan fingerprint density at radius 3 is 2.25 bits per heavy atom. The lowest BCUT2D eigenvalue weighted by Crippen LogP contribution is -2.24. The van der Waals surface area contributed by atoms with E-state index in [1.165, 1.54) is 5.56 Å². The van der Waals surface area contributed by atoms with Crippen LogP contribution in [0.25, 0.3) is 0 Å². The fraction of sp³-hybridized carbons (Fsp3) is 0.455. The Kier molecular flexibility index (Phi) is 3.30. The third kappa shape index (κ3) is 2.08. The molecule has 0 radical (unpaired) electrons. The predicted molar refractivity (Wildman–Crippen MR) is 53.1 cm³/mol. The maximum Gasteiger partial charge on any atom is 0.00792 e. The Morgan fingerprint density at radius 2 is 1.83 bits per heavy atom. The van der Waals surface area contributed by atoms with Crippen molar-refractivity contribution in [2.75, 3.05) is 0 Å². The van der Waals surface area contributed by atoms with Crippen molar-refractivity contribution < 1.29 is 0 Å². The first-order valence-electron chi connectivity index (χ1n) is 4.56. The minimum absolute atomic E-state index is 0.248. The highest BCUT2D eigenvalue weighted by Gasteiger charge is 2.12. The van der Waals surface area contributed by atoms with Gasteiger partial charge in [0.05, 0.1) is 0 Å². The monoisotopic (exact) mass is 163 g/mol. The van der Waals surface area contributed by atoms with Crippen LogP contribution in [0.3, 0.4) is 0 Å². The van der Waals surface area contributed by atoms with Gasteiger partial charge >= 0.3 is 0 Å². The van der Waals surface area contributed by atoms with Crippen LogP contribution in [0.1, 0.15) is 31.7 Å². The average Bonchev–Trinajstić information content (AvgIpc) is 2.07. The normalized spacial score (nSPS) is 15.6. The first kappa shape index (κ1) is 9.27. The lowest BCUT2D eigenvalue weighted by Gasteiger charge is -2.18. The summed E-state index contributed by atoms with van der Waals surface area (Å²) in [4.78, 5) is 0. The van der Waals surface area contributed by atoms with Crippen molar-refractivity contribution in [2.45, 2.75) is 32.2 Å². The summed E-state index contributed by atoms with van der Waals surface area (Å²) in [6.45, 7) is 4.25. The van der Waals surface area contributed by atoms with Crippen LogP contribution in [-0.2, 0) is 0 Å². The second-order valence-electron chi connectivity index (χ2n) is 3.28. The van der Waals surface area contributed by atoms with Gasteiger partial charge in [0.15, 0.2) is 0 Å². The van der Waals surface area contributed by atoms with Crippen LogP contribution in [0.4, 0.5) is 0 Å². The van der Waals surface area contributed by atoms with E-state index in [9.17, 15) is 0 Å². The van der Waals surface area contributed by atoms with Crippen LogP contribution in [0.15, 0.2) is 30.3 Å². The summed E-state index contributed by atoms with van der Waals surface area (Å²) in [5, 5.41) is 0. The van der Waals surface area contributed by atoms with Crippen molar-refractivity contribution in [3.8, 4) is 0 Å². The van der Waals surface area contributed by atoms with Crippen LogP contribution in [0, 0.1) is 0 Å². The molecule has 2 atom stereocenters. The quantitative estimate of drug-likeness (QED) is 0.728. The van der Waals surface area contributed by atoms with E-state index in [4.69, 9.17) is 5.73 Å². The summed E-state index contributed by atoms with van der Waals surface area (Å²) in [7, 11) is 0. The molecule has 1 aromatic carbocycles. The number of hydrogen-bond donors (Lipinski definition) is 1. The molecule has 0 aromatic heterocycles. The molecule has 0 bridgehead atoms. The molecule has 0 aliphatic heterocycles. The van der Waals surface area contributed by atoms with E-state index < -0.39 is 0 Å². The van der Waals surface area contributed by atoms with E-state index in [0.717, 1.165) is 6.42 Å². The summed E-state index contributed by atoms with van der Waals surface area (Å²) >= 11 is 0. The molecule has 0 amide bonds. The molecule has 0 aliphatic rings. The van der Waals surface area contributed by atoms with Crippen LogP contribution in [0.5, 0.6) is 0 Å². The zero-order valence-electron chi connectivity index (χ0n) is 7.83. The van der Waals surface area contributed by atoms with Crippen molar-refractivity contribution in [1.29, 1.82) is 0 Å². The van der Waals surface area contributed by atoms with Crippen molar-refractivity contribution in [3.63, 3.8) is 0 Å². The van der Waals surface area contributed by atoms with Gasteiger partial charge in [0, 0.05) is 6.04 Å². The van der Waals surface area contributed by atoms with Gasteiger partial charge in [-0.15, -0.1) is 0 Å². The van der Waals surface area contributed by atoms with E-state index in [1.807, 2.05) is 6.07 Å². The average molecular weight is 163 g/mol. The highest BCUT2D eigenvalue weighted by molar-refractivity contribution is 5.20. The first-order chi connectivity index (χ1) is 5.75. The third-order valence-corrected chi connectivity index (χ3v) is 2.30. The minimum atomic E-state index is 0.248. The number of nitrogens with two attached hydrogens (primary N) is 1. The molecule has 1 rings (SSSR count). The minimum Gasteiger partial charge on any atom is -0.327 e. The van der Waals surface area contributed by atoms with Gasteiger partial charge in [0.25, 0.3) is 0 Å². The van der Waals surface area contributed by atoms with E-state index in [2.05, 4.69) is 38.1 Å². The molecular weight excluding hydrogens is 146 g/mol. The fourth-order valence-electron chi connectivity index (χ4n) is 1.61. The van der Waals surface area contributed by atoms with Gasteiger partial charge in [-0.25, -0.2) is 0 Å². The number of rotatable bonds is 3. The maximum atomic E-state index is 5.88. The van der Waals surface area contributed by atoms with Crippen LogP contribution in [-0.4, -0.2) is 6.04 Å². The molecule has 0 aliphatic carbocycles. The molecular formula is C11H17N. The van der Waals surface area contributed by atoms with Gasteiger partial charge in [0.2, 0.25) is 0 Å². The van der Waals surface area contributed by atoms with Gasteiger partial charge in [0.1, 0.15) is 0 Å². The third-order valence-electron chi connectivity index (χ3n) is 2.30. The molecule has 0 fully saturated rings. The molecule has 0 heterocycles. The molecule has 2 unspecified atom stereocenters. The molecule has 0 spiro atoms. The van der Waals surface area contributed by atoms with Crippen molar-refractivity contribution in [3.05, 3.63) is 35.9 Å². The van der Waals surface area contributed by atoms with Gasteiger partial charge in [-0.2, -0.15) is 0 Å². The molecule has 0 saturated carbocycles. The highest BCUT2D eigenvalue weighted by atomic mass is 14.6. The van der Waals surface area contributed by atoms with Crippen molar-refractivity contribution >= 4 is 0 Å². The van der Waals surface area contributed by atoms with Gasteiger partial charge in [-0.1, -0.05) is 37.3 Å². The summed E-state index contributed by atoms with van der Waals surface area (Å²) in [6.07, 6.45) is 1.11. The largest absolute Gasteiger partial charge is 0.327 e. The predicted octanol–water partition coefficient (Wildman–Crippen LogP) is 2.53. The molecule has 1 heteroatoms. The summed E-state index contributed by atoms with van der Waals surface area (Å²) < 4.78 is 0. The molecule has 0 saturated heterocycles. The van der Waals surface area contributed by atoms with Crippen molar-refractivity contribution in [2.24, 2.45) is 5.73 Å². The van der Waals surface area contributed by atoms with E-state index in [1.54, 1.807) is 0 Å². The standard InChI is InChI=1S/C11H17N/c1-3-11(9(2)12)10-7-5-4-6-8-10/h4-9,11H,3,12H2,1-2H3. The summed E-state index contributed by atoms with van der Waals surface area (Å²) in [5.41, 5.74) is 7.24. The van der Waals surface area contributed by atoms with E-state index >= 15 is 0 Å². The lowest BCUT2D eigenvalue weighted by atomic mass is 9.91. The van der Waals surface area contributed by atoms with Crippen LogP contribution >= 0.6 is 0 Å². The Morgan fingerprint density at radius 1 is 1.25 bits per heavy atom. The Labute approximate surface area is 74.6 Å². The molecule has 1 aromatic rings. The lowest BCUT2D eigenvalue weighted by molar-refractivity contribution is 0.553. The van der Waals surface area contributed by atoms with Gasteiger partial charge in [-0.3, -0.25) is 0 Å². The molecule has 12 heavy (non-hydrogen) atoms. The van der Waals surface area contributed by atoms with Crippen molar-refractivity contribution in [1.82, 2.24) is 0 Å². The zero-order valence-corrected chi connectivity index (χ0v) is 7.83. The Bertz CT molecular complexity index is 216. The second-order valence-corrected chi connectivity index (χ2v) is 3.28. The van der Waals surface area contributed by atoms with Crippen LogP contribution < -0.4 is 5.73 Å². The van der Waals surface area contributed by atoms with E-state index in [0.29, 0.717) is 5.92 Å². The fourth-order valence-corrected chi connectivity index (χ4v) is 1.61. The summed E-state index contributed by atoms with van der Waals surface area (Å²) in [5.74, 6) is 0.506. The SMILES string of the molecule is CCC(c1ccccc1)C(C)N. The zero-order chi connectivity index (χ0) is 8.97. The molecule has 2 N–H and O–H groups in total. The molecule has 66 valence electrons. The highest BCUT2D eigenvalue weighted by Crippen LogP contribution is 2.21. The Hall–Kier alpha value is -0.820. The first-order valence-corrected chi connectivity index (χ1v) is 4.56. The molecule has 1 nitrogen and oxygen atoms in total. The smallest absolute Gasteiger partial charge is 0.00792 e.